The van der Waals surface area contributed by atoms with Crippen LogP contribution in [-0.4, -0.2) is 33.5 Å². The predicted molar refractivity (Wildman–Crippen MR) is 77.7 cm³/mol. The zero-order valence-corrected chi connectivity index (χ0v) is 13.1. The summed E-state index contributed by atoms with van der Waals surface area (Å²) in [5.74, 6) is 0.903. The molecule has 0 unspecified atom stereocenters. The van der Waals surface area contributed by atoms with E-state index in [1.54, 1.807) is 36.5 Å². The van der Waals surface area contributed by atoms with Crippen LogP contribution in [0, 0.1) is 13.8 Å². The van der Waals surface area contributed by atoms with E-state index in [1.165, 1.54) is 4.88 Å². The molecule has 0 amide bonds. The number of aryl methyl sites for hydroxylation is 3. The molecule has 0 saturated heterocycles. The van der Waals surface area contributed by atoms with Crippen LogP contribution in [0.5, 0.6) is 0 Å². The van der Waals surface area contributed by atoms with Crippen molar-refractivity contribution in [2.45, 2.75) is 37.7 Å². The average molecular weight is 298 g/mol. The highest BCUT2D eigenvalue weighted by molar-refractivity contribution is 7.98. The molecule has 0 aliphatic carbocycles. The van der Waals surface area contributed by atoms with E-state index in [0.717, 1.165) is 41.2 Å². The fourth-order valence-electron chi connectivity index (χ4n) is 1.73. The SMILES string of the molecule is COCCCn1cnnc1SCc1sc(C)nc1C. The van der Waals surface area contributed by atoms with Crippen molar-refractivity contribution in [2.24, 2.45) is 0 Å². The van der Waals surface area contributed by atoms with Gasteiger partial charge in [0.25, 0.3) is 0 Å². The van der Waals surface area contributed by atoms with Crippen LogP contribution in [0.15, 0.2) is 11.5 Å². The molecule has 0 saturated carbocycles. The molecule has 0 aromatic carbocycles. The van der Waals surface area contributed by atoms with Crippen LogP contribution < -0.4 is 0 Å². The van der Waals surface area contributed by atoms with E-state index >= 15 is 0 Å². The van der Waals surface area contributed by atoms with Crippen LogP contribution in [0.3, 0.4) is 0 Å². The first-order valence-corrected chi connectivity index (χ1v) is 7.93. The number of thioether (sulfide) groups is 1. The molecule has 0 aliphatic rings. The maximum atomic E-state index is 5.06. The van der Waals surface area contributed by atoms with Gasteiger partial charge in [0, 0.05) is 30.9 Å². The molecule has 0 spiro atoms. The quantitative estimate of drug-likeness (QED) is 0.581. The molecule has 0 fully saturated rings. The number of aromatic nitrogens is 4. The van der Waals surface area contributed by atoms with Gasteiger partial charge in [0.05, 0.1) is 10.7 Å². The Bertz CT molecular complexity index is 524. The molecule has 7 heteroatoms. The van der Waals surface area contributed by atoms with Crippen molar-refractivity contribution in [2.75, 3.05) is 13.7 Å². The van der Waals surface area contributed by atoms with Crippen LogP contribution in [-0.2, 0) is 17.0 Å². The van der Waals surface area contributed by atoms with Gasteiger partial charge in [0.2, 0.25) is 0 Å². The highest BCUT2D eigenvalue weighted by atomic mass is 32.2. The fourth-order valence-corrected chi connectivity index (χ4v) is 3.75. The maximum Gasteiger partial charge on any atom is 0.191 e. The van der Waals surface area contributed by atoms with Crippen LogP contribution >= 0.6 is 23.1 Å². The van der Waals surface area contributed by atoms with E-state index in [-0.39, 0.29) is 0 Å². The number of rotatable bonds is 7. The Morgan fingerprint density at radius 1 is 1.42 bits per heavy atom. The van der Waals surface area contributed by atoms with Crippen LogP contribution in [0.2, 0.25) is 0 Å². The van der Waals surface area contributed by atoms with Gasteiger partial charge in [-0.1, -0.05) is 11.8 Å². The van der Waals surface area contributed by atoms with Gasteiger partial charge in [-0.2, -0.15) is 0 Å². The second-order valence-corrected chi connectivity index (χ2v) is 6.41. The maximum absolute atomic E-state index is 5.06. The Hall–Kier alpha value is -0.920. The number of ether oxygens (including phenoxy) is 1. The van der Waals surface area contributed by atoms with Crippen molar-refractivity contribution in [1.82, 2.24) is 19.7 Å². The third-order valence-electron chi connectivity index (χ3n) is 2.66. The van der Waals surface area contributed by atoms with Crippen molar-refractivity contribution in [3.8, 4) is 0 Å². The van der Waals surface area contributed by atoms with Crippen molar-refractivity contribution in [1.29, 1.82) is 0 Å². The van der Waals surface area contributed by atoms with E-state index in [0.29, 0.717) is 0 Å². The van der Waals surface area contributed by atoms with Crippen LogP contribution in [0.1, 0.15) is 22.0 Å². The van der Waals surface area contributed by atoms with Gasteiger partial charge in [-0.05, 0) is 20.3 Å². The van der Waals surface area contributed by atoms with Gasteiger partial charge in [-0.15, -0.1) is 21.5 Å². The molecule has 2 heterocycles. The third-order valence-corrected chi connectivity index (χ3v) is 4.92. The number of hydrogen-bond acceptors (Lipinski definition) is 6. The molecule has 0 aliphatic heterocycles. The Labute approximate surface area is 121 Å². The molecule has 19 heavy (non-hydrogen) atoms. The zero-order chi connectivity index (χ0) is 13.7. The molecule has 2 rings (SSSR count). The topological polar surface area (TPSA) is 52.8 Å². The number of thiazole rings is 1. The largest absolute Gasteiger partial charge is 0.385 e. The van der Waals surface area contributed by atoms with Crippen molar-refractivity contribution in [3.63, 3.8) is 0 Å². The monoisotopic (exact) mass is 298 g/mol. The van der Waals surface area contributed by atoms with Gasteiger partial charge in [0.1, 0.15) is 6.33 Å². The van der Waals surface area contributed by atoms with Gasteiger partial charge >= 0.3 is 0 Å². The van der Waals surface area contributed by atoms with Gasteiger partial charge in [0.15, 0.2) is 5.16 Å². The molecule has 0 radical (unpaired) electrons. The lowest BCUT2D eigenvalue weighted by Gasteiger charge is -2.05. The summed E-state index contributed by atoms with van der Waals surface area (Å²) in [7, 11) is 1.72. The predicted octanol–water partition coefficient (Wildman–Crippen LogP) is 2.68. The summed E-state index contributed by atoms with van der Waals surface area (Å²) >= 11 is 3.47. The smallest absolute Gasteiger partial charge is 0.191 e. The molecular weight excluding hydrogens is 280 g/mol. The van der Waals surface area contributed by atoms with Crippen molar-refractivity contribution < 1.29 is 4.74 Å². The fraction of sp³-hybridized carbons (Fsp3) is 0.583. The van der Waals surface area contributed by atoms with Gasteiger partial charge in [-0.3, -0.25) is 0 Å². The molecule has 5 nitrogen and oxygen atoms in total. The summed E-state index contributed by atoms with van der Waals surface area (Å²) in [5, 5.41) is 10.2. The minimum Gasteiger partial charge on any atom is -0.385 e. The standard InChI is InChI=1S/C12H18N4OS2/c1-9-11(19-10(2)14-9)7-18-12-15-13-8-16(12)5-4-6-17-3/h8H,4-7H2,1-3H3. The first-order valence-electron chi connectivity index (χ1n) is 6.13. The second-order valence-electron chi connectivity index (χ2n) is 4.18. The summed E-state index contributed by atoms with van der Waals surface area (Å²) < 4.78 is 7.14. The van der Waals surface area contributed by atoms with E-state index < -0.39 is 0 Å². The highest BCUT2D eigenvalue weighted by Crippen LogP contribution is 2.26. The Morgan fingerprint density at radius 2 is 2.26 bits per heavy atom. The van der Waals surface area contributed by atoms with E-state index in [4.69, 9.17) is 4.74 Å². The molecular formula is C12H18N4OS2. The molecule has 2 aromatic heterocycles. The first-order chi connectivity index (χ1) is 9.20. The summed E-state index contributed by atoms with van der Waals surface area (Å²) in [5.41, 5.74) is 1.13. The Morgan fingerprint density at radius 3 is 2.95 bits per heavy atom. The summed E-state index contributed by atoms with van der Waals surface area (Å²) in [6.07, 6.45) is 2.75. The van der Waals surface area contributed by atoms with Gasteiger partial charge in [-0.25, -0.2) is 4.98 Å². The summed E-state index contributed by atoms with van der Waals surface area (Å²) in [6.45, 7) is 5.75. The highest BCUT2D eigenvalue weighted by Gasteiger charge is 2.09. The number of methoxy groups -OCH3 is 1. The molecule has 0 atom stereocenters. The summed E-state index contributed by atoms with van der Waals surface area (Å²) in [4.78, 5) is 5.75. The van der Waals surface area contributed by atoms with E-state index in [1.807, 2.05) is 6.92 Å². The lowest BCUT2D eigenvalue weighted by molar-refractivity contribution is 0.189. The lowest BCUT2D eigenvalue weighted by Crippen LogP contribution is -2.02. The van der Waals surface area contributed by atoms with Crippen LogP contribution in [0.25, 0.3) is 0 Å². The summed E-state index contributed by atoms with van der Waals surface area (Å²) in [6, 6.07) is 0. The third kappa shape index (κ3) is 4.02. The second kappa shape index (κ2) is 7.02. The lowest BCUT2D eigenvalue weighted by atomic mass is 10.4. The van der Waals surface area contributed by atoms with Crippen molar-refractivity contribution >= 4 is 23.1 Å². The molecule has 0 bridgehead atoms. The molecule has 2 aromatic rings. The minimum absolute atomic E-state index is 0.759. The number of nitrogens with zero attached hydrogens (tertiary/aromatic N) is 4. The minimum atomic E-state index is 0.759. The Balaban J connectivity index is 1.92. The van der Waals surface area contributed by atoms with Crippen molar-refractivity contribution in [3.05, 3.63) is 21.9 Å². The molecule has 0 N–H and O–H groups in total. The van der Waals surface area contributed by atoms with Crippen LogP contribution in [0.4, 0.5) is 0 Å². The van der Waals surface area contributed by atoms with E-state index in [9.17, 15) is 0 Å². The number of hydrogen-bond donors (Lipinski definition) is 0. The first kappa shape index (κ1) is 14.5. The molecule has 104 valence electrons. The average Bonchev–Trinajstić information content (AvgIpc) is 2.94. The zero-order valence-electron chi connectivity index (χ0n) is 11.4. The van der Waals surface area contributed by atoms with Gasteiger partial charge < -0.3 is 9.30 Å². The van der Waals surface area contributed by atoms with E-state index in [2.05, 4.69) is 26.7 Å². The normalized spacial score (nSPS) is 11.1. The Kier molecular flexibility index (Phi) is 5.35.